The predicted octanol–water partition coefficient (Wildman–Crippen LogP) is 21.4. The zero-order valence-electron chi connectivity index (χ0n) is 45.6. The smallest absolute Gasteiger partial charge is 0.0540 e. The minimum absolute atomic E-state index is 0.169. The number of benzene rings is 14. The summed E-state index contributed by atoms with van der Waals surface area (Å²) in [6, 6.07) is 96.0. The van der Waals surface area contributed by atoms with Crippen molar-refractivity contribution >= 4 is 98.8 Å². The maximum Gasteiger partial charge on any atom is 0.0540 e. The van der Waals surface area contributed by atoms with E-state index >= 15 is 0 Å². The summed E-state index contributed by atoms with van der Waals surface area (Å²) < 4.78 is 0. The second-order valence-corrected chi connectivity index (χ2v) is 23.7. The highest BCUT2D eigenvalue weighted by molar-refractivity contribution is 6.27. The van der Waals surface area contributed by atoms with Crippen molar-refractivity contribution in [2.24, 2.45) is 0 Å². The first kappa shape index (κ1) is 47.0. The first-order valence-electron chi connectivity index (χ1n) is 28.0. The summed E-state index contributed by atoms with van der Waals surface area (Å²) in [5, 5.41) is 15.3. The molecule has 0 N–H and O–H groups in total. The molecule has 0 atom stereocenters. The van der Waals surface area contributed by atoms with Gasteiger partial charge in [-0.15, -0.1) is 0 Å². The summed E-state index contributed by atoms with van der Waals surface area (Å²) in [6.07, 6.45) is 0. The molecule has 0 unspecified atom stereocenters. The molecule has 1 aliphatic carbocycles. The van der Waals surface area contributed by atoms with E-state index in [9.17, 15) is 0 Å². The second kappa shape index (κ2) is 17.4. The molecule has 0 amide bonds. The minimum atomic E-state index is -0.327. The van der Waals surface area contributed by atoms with Crippen molar-refractivity contribution in [1.29, 1.82) is 0 Å². The Kier molecular flexibility index (Phi) is 10.3. The molecule has 14 aromatic carbocycles. The van der Waals surface area contributed by atoms with Gasteiger partial charge in [-0.05, 0) is 159 Å². The van der Waals surface area contributed by atoms with E-state index in [0.717, 1.165) is 22.7 Å². The highest BCUT2D eigenvalue weighted by Crippen LogP contribution is 2.54. The van der Waals surface area contributed by atoms with Crippen molar-refractivity contribution in [3.63, 3.8) is 0 Å². The topological polar surface area (TPSA) is 6.48 Å². The molecule has 0 fully saturated rings. The van der Waals surface area contributed by atoms with Crippen LogP contribution in [0.3, 0.4) is 0 Å². The SMILES string of the molecule is CC(C)(c1ccccc1)c1ccc(N(c2ccc3c(c2)C(C)(C)c2cc(N(c4ccc(C(C)(C)c5ccccc5)cc4)c4ccc5ccc6cccc7ccc4c5c67)ccc2-3)c2ccc3ccc4cccc5ccc2c3c45)cc1. The van der Waals surface area contributed by atoms with Crippen LogP contribution in [0.4, 0.5) is 34.1 Å². The van der Waals surface area contributed by atoms with E-state index < -0.39 is 0 Å². The molecule has 0 aliphatic heterocycles. The first-order valence-corrected chi connectivity index (χ1v) is 28.0. The summed E-state index contributed by atoms with van der Waals surface area (Å²) >= 11 is 0. The van der Waals surface area contributed by atoms with E-state index in [1.54, 1.807) is 0 Å². The molecule has 2 nitrogen and oxygen atoms in total. The molecule has 0 saturated heterocycles. The number of hydrogen-bond acceptors (Lipinski definition) is 2. The first-order chi connectivity index (χ1) is 38.4. The van der Waals surface area contributed by atoms with Crippen LogP contribution in [-0.4, -0.2) is 0 Å². The van der Waals surface area contributed by atoms with Crippen LogP contribution in [0, 0.1) is 0 Å². The van der Waals surface area contributed by atoms with Crippen LogP contribution in [0.1, 0.15) is 74.9 Å². The van der Waals surface area contributed by atoms with Crippen molar-refractivity contribution in [3.05, 3.63) is 288 Å². The van der Waals surface area contributed by atoms with Gasteiger partial charge in [0.15, 0.2) is 0 Å². The zero-order chi connectivity index (χ0) is 53.4. The maximum absolute atomic E-state index is 2.51. The molecule has 0 saturated carbocycles. The lowest BCUT2D eigenvalue weighted by molar-refractivity contribution is 0.641. The summed E-state index contributed by atoms with van der Waals surface area (Å²) in [6.45, 7) is 14.2. The van der Waals surface area contributed by atoms with Crippen LogP contribution >= 0.6 is 0 Å². The van der Waals surface area contributed by atoms with Gasteiger partial charge in [0.25, 0.3) is 0 Å². The Hall–Kier alpha value is -9.24. The number of nitrogens with zero attached hydrogens (tertiary/aromatic N) is 2. The van der Waals surface area contributed by atoms with Gasteiger partial charge >= 0.3 is 0 Å². The van der Waals surface area contributed by atoms with Gasteiger partial charge in [-0.2, -0.15) is 0 Å². The highest BCUT2D eigenvalue weighted by Gasteiger charge is 2.37. The van der Waals surface area contributed by atoms with Gasteiger partial charge in [-0.1, -0.05) is 236 Å². The van der Waals surface area contributed by atoms with Crippen LogP contribution in [-0.2, 0) is 16.2 Å². The average molecular weight is 1010 g/mol. The Morgan fingerprint density at radius 2 is 0.595 bits per heavy atom. The molecule has 0 aromatic heterocycles. The van der Waals surface area contributed by atoms with Crippen LogP contribution in [0.15, 0.2) is 255 Å². The van der Waals surface area contributed by atoms with E-state index in [4.69, 9.17) is 0 Å². The van der Waals surface area contributed by atoms with Gasteiger partial charge in [0.2, 0.25) is 0 Å². The molecule has 0 radical (unpaired) electrons. The fourth-order valence-corrected chi connectivity index (χ4v) is 13.8. The molecular formula is C77H60N2. The Morgan fingerprint density at radius 1 is 0.278 bits per heavy atom. The molecule has 0 spiro atoms. The summed E-state index contributed by atoms with van der Waals surface area (Å²) in [7, 11) is 0. The lowest BCUT2D eigenvalue weighted by Gasteiger charge is -2.31. The van der Waals surface area contributed by atoms with Gasteiger partial charge in [0.1, 0.15) is 0 Å². The third-order valence-electron chi connectivity index (χ3n) is 18.3. The molecule has 0 heterocycles. The lowest BCUT2D eigenvalue weighted by atomic mass is 9.78. The molecule has 2 heteroatoms. The molecule has 1 aliphatic rings. The van der Waals surface area contributed by atoms with E-state index in [2.05, 4.69) is 306 Å². The predicted molar refractivity (Wildman–Crippen MR) is 338 cm³/mol. The largest absolute Gasteiger partial charge is 0.310 e. The molecular weight excluding hydrogens is 953 g/mol. The number of hydrogen-bond donors (Lipinski definition) is 0. The second-order valence-electron chi connectivity index (χ2n) is 23.7. The van der Waals surface area contributed by atoms with Crippen molar-refractivity contribution in [2.45, 2.75) is 57.8 Å². The van der Waals surface area contributed by atoms with Crippen LogP contribution in [0.2, 0.25) is 0 Å². The fourth-order valence-electron chi connectivity index (χ4n) is 13.8. The van der Waals surface area contributed by atoms with Gasteiger partial charge in [0.05, 0.1) is 11.4 Å². The van der Waals surface area contributed by atoms with E-state index in [1.807, 2.05) is 0 Å². The van der Waals surface area contributed by atoms with Crippen LogP contribution in [0.25, 0.3) is 75.8 Å². The Balaban J connectivity index is 0.879. The summed E-state index contributed by atoms with van der Waals surface area (Å²) in [5.41, 5.74) is 16.6. The number of anilines is 6. The average Bonchev–Trinajstić information content (AvgIpc) is 3.85. The Labute approximate surface area is 463 Å². The standard InChI is InChI=1S/C77H60N2/c1-75(2,55-19-9-7-10-20-55)57-31-35-59(36-32-57)78(69-45-29-53-25-23-49-15-13-17-51-27-41-65(69)73(53)71(49)51)61-39-43-63-64-44-40-62(48-68(64)77(5,6)67(63)47-61)79(60-37-33-58(34-38-60)76(3,4)56-21-11-8-12-22-56)70-46-30-54-26-24-50-16-14-18-52-28-42-66(70)74(54)72(50)52/h7-48H,1-6H3. The van der Waals surface area contributed by atoms with Crippen molar-refractivity contribution in [2.75, 3.05) is 9.80 Å². The van der Waals surface area contributed by atoms with E-state index in [1.165, 1.54) is 121 Å². The zero-order valence-corrected chi connectivity index (χ0v) is 45.6. The maximum atomic E-state index is 2.51. The molecule has 378 valence electrons. The third kappa shape index (κ3) is 7.17. The fraction of sp³-hybridized carbons (Fsp3) is 0.117. The van der Waals surface area contributed by atoms with Gasteiger partial charge in [-0.25, -0.2) is 0 Å². The minimum Gasteiger partial charge on any atom is -0.310 e. The number of fused-ring (bicyclic) bond motifs is 3. The van der Waals surface area contributed by atoms with E-state index in [0.29, 0.717) is 0 Å². The molecule has 14 aromatic rings. The van der Waals surface area contributed by atoms with E-state index in [-0.39, 0.29) is 16.2 Å². The number of rotatable bonds is 10. The monoisotopic (exact) mass is 1010 g/mol. The van der Waals surface area contributed by atoms with Crippen LogP contribution in [0.5, 0.6) is 0 Å². The van der Waals surface area contributed by atoms with Gasteiger partial charge < -0.3 is 9.80 Å². The van der Waals surface area contributed by atoms with Gasteiger partial charge in [-0.3, -0.25) is 0 Å². The Morgan fingerprint density at radius 3 is 0.975 bits per heavy atom. The van der Waals surface area contributed by atoms with Crippen molar-refractivity contribution in [1.82, 2.24) is 0 Å². The van der Waals surface area contributed by atoms with Crippen molar-refractivity contribution in [3.8, 4) is 11.1 Å². The Bertz CT molecular complexity index is 4330. The molecule has 0 bridgehead atoms. The highest BCUT2D eigenvalue weighted by atomic mass is 15.2. The van der Waals surface area contributed by atoms with Gasteiger partial charge in [0, 0.05) is 49.8 Å². The molecule has 79 heavy (non-hydrogen) atoms. The van der Waals surface area contributed by atoms with Crippen molar-refractivity contribution < 1.29 is 0 Å². The lowest BCUT2D eigenvalue weighted by Crippen LogP contribution is -2.19. The van der Waals surface area contributed by atoms with Crippen LogP contribution < -0.4 is 9.80 Å². The molecule has 15 rings (SSSR count). The summed E-state index contributed by atoms with van der Waals surface area (Å²) in [5.74, 6) is 0. The normalized spacial score (nSPS) is 13.3. The quantitative estimate of drug-likeness (QED) is 0.126. The third-order valence-corrected chi connectivity index (χ3v) is 18.3. The summed E-state index contributed by atoms with van der Waals surface area (Å²) in [4.78, 5) is 5.02.